The minimum atomic E-state index is -1.12. The van der Waals surface area contributed by atoms with Crippen LogP contribution in [0.4, 0.5) is 8.78 Å². The van der Waals surface area contributed by atoms with E-state index in [1.54, 1.807) is 0 Å². The first-order valence-electron chi connectivity index (χ1n) is 5.28. The molecule has 0 fully saturated rings. The fourth-order valence-electron chi connectivity index (χ4n) is 1.35. The lowest BCUT2D eigenvalue weighted by molar-refractivity contribution is 0.0343. The fourth-order valence-corrected chi connectivity index (χ4v) is 1.35. The molecule has 1 aromatic carbocycles. The number of hydrogen-bond acceptors (Lipinski definition) is 2. The highest BCUT2D eigenvalue weighted by Gasteiger charge is 2.17. The summed E-state index contributed by atoms with van der Waals surface area (Å²) in [7, 11) is 0. The molecule has 0 spiro atoms. The third-order valence-electron chi connectivity index (χ3n) is 2.29. The standard InChI is InChI=1S/C12H16F2O2/c1-3-6-16-7-10(15)9-5-4-8(2)11(13)12(9)14/h4-5,10,15H,3,6-7H2,1-2H3. The Labute approximate surface area is 93.9 Å². The van der Waals surface area contributed by atoms with Gasteiger partial charge in [0.05, 0.1) is 6.61 Å². The van der Waals surface area contributed by atoms with Gasteiger partial charge in [0.25, 0.3) is 0 Å². The predicted octanol–water partition coefficient (Wildman–Crippen LogP) is 2.73. The van der Waals surface area contributed by atoms with E-state index in [1.807, 2.05) is 6.92 Å². The lowest BCUT2D eigenvalue weighted by atomic mass is 10.1. The van der Waals surface area contributed by atoms with E-state index in [-0.39, 0.29) is 17.7 Å². The van der Waals surface area contributed by atoms with E-state index >= 15 is 0 Å². The number of hydrogen-bond donors (Lipinski definition) is 1. The van der Waals surface area contributed by atoms with Crippen molar-refractivity contribution in [1.29, 1.82) is 0 Å². The van der Waals surface area contributed by atoms with Gasteiger partial charge in [0, 0.05) is 12.2 Å². The first kappa shape index (κ1) is 13.1. The zero-order valence-electron chi connectivity index (χ0n) is 9.46. The monoisotopic (exact) mass is 230 g/mol. The van der Waals surface area contributed by atoms with Crippen LogP contribution < -0.4 is 0 Å². The molecule has 0 aliphatic rings. The van der Waals surface area contributed by atoms with E-state index in [4.69, 9.17) is 4.74 Å². The molecule has 1 atom stereocenters. The molecule has 0 saturated heterocycles. The van der Waals surface area contributed by atoms with Gasteiger partial charge in [-0.3, -0.25) is 0 Å². The minimum absolute atomic E-state index is 0.0206. The second-order valence-electron chi connectivity index (χ2n) is 3.69. The summed E-state index contributed by atoms with van der Waals surface area (Å²) >= 11 is 0. The second kappa shape index (κ2) is 5.92. The van der Waals surface area contributed by atoms with Crippen LogP contribution in [0.25, 0.3) is 0 Å². The zero-order valence-corrected chi connectivity index (χ0v) is 9.46. The topological polar surface area (TPSA) is 29.5 Å². The summed E-state index contributed by atoms with van der Waals surface area (Å²) in [5, 5.41) is 9.61. The Balaban J connectivity index is 2.76. The van der Waals surface area contributed by atoms with E-state index in [0.29, 0.717) is 6.61 Å². The number of rotatable bonds is 5. The highest BCUT2D eigenvalue weighted by Crippen LogP contribution is 2.21. The molecule has 0 amide bonds. The van der Waals surface area contributed by atoms with Crippen molar-refractivity contribution in [1.82, 2.24) is 0 Å². The molecule has 1 N–H and O–H groups in total. The number of aliphatic hydroxyl groups excluding tert-OH is 1. The van der Waals surface area contributed by atoms with Crippen molar-refractivity contribution in [2.75, 3.05) is 13.2 Å². The molecule has 90 valence electrons. The number of ether oxygens (including phenoxy) is 1. The van der Waals surface area contributed by atoms with Gasteiger partial charge in [-0.1, -0.05) is 19.1 Å². The highest BCUT2D eigenvalue weighted by atomic mass is 19.2. The maximum atomic E-state index is 13.4. The van der Waals surface area contributed by atoms with Crippen LogP contribution >= 0.6 is 0 Å². The largest absolute Gasteiger partial charge is 0.386 e. The van der Waals surface area contributed by atoms with Gasteiger partial charge in [-0.2, -0.15) is 0 Å². The quantitative estimate of drug-likeness (QED) is 0.788. The van der Waals surface area contributed by atoms with Crippen LogP contribution in [0, 0.1) is 18.6 Å². The Morgan fingerprint density at radius 1 is 1.31 bits per heavy atom. The molecule has 0 aliphatic heterocycles. The summed E-state index contributed by atoms with van der Waals surface area (Å²) in [5.41, 5.74) is 0.169. The molecule has 1 rings (SSSR count). The van der Waals surface area contributed by atoms with Gasteiger partial charge < -0.3 is 9.84 Å². The molecular weight excluding hydrogens is 214 g/mol. The van der Waals surface area contributed by atoms with Gasteiger partial charge in [-0.15, -0.1) is 0 Å². The van der Waals surface area contributed by atoms with Crippen molar-refractivity contribution in [3.63, 3.8) is 0 Å². The number of benzene rings is 1. The third-order valence-corrected chi connectivity index (χ3v) is 2.29. The van der Waals surface area contributed by atoms with Gasteiger partial charge in [0.1, 0.15) is 6.10 Å². The Kier molecular flexibility index (Phi) is 4.83. The van der Waals surface area contributed by atoms with Crippen LogP contribution in [0.1, 0.15) is 30.6 Å². The van der Waals surface area contributed by atoms with E-state index in [0.717, 1.165) is 6.42 Å². The van der Waals surface area contributed by atoms with Crippen LogP contribution in [0.2, 0.25) is 0 Å². The van der Waals surface area contributed by atoms with Crippen molar-refractivity contribution in [3.05, 3.63) is 34.9 Å². The molecular formula is C12H16F2O2. The van der Waals surface area contributed by atoms with Gasteiger partial charge in [0.15, 0.2) is 11.6 Å². The molecule has 1 aromatic rings. The molecule has 0 heterocycles. The normalized spacial score (nSPS) is 12.8. The first-order chi connectivity index (χ1) is 7.57. The number of aliphatic hydroxyl groups is 1. The lowest BCUT2D eigenvalue weighted by Crippen LogP contribution is -2.11. The molecule has 4 heteroatoms. The highest BCUT2D eigenvalue weighted by molar-refractivity contribution is 5.27. The molecule has 1 unspecified atom stereocenters. The van der Waals surface area contributed by atoms with E-state index in [1.165, 1.54) is 19.1 Å². The molecule has 2 nitrogen and oxygen atoms in total. The molecule has 0 aliphatic carbocycles. The van der Waals surface area contributed by atoms with Gasteiger partial charge >= 0.3 is 0 Å². The van der Waals surface area contributed by atoms with Crippen molar-refractivity contribution in [3.8, 4) is 0 Å². The van der Waals surface area contributed by atoms with Crippen LogP contribution in [-0.4, -0.2) is 18.3 Å². The van der Waals surface area contributed by atoms with Crippen LogP contribution in [0.3, 0.4) is 0 Å². The van der Waals surface area contributed by atoms with Crippen LogP contribution in [0.5, 0.6) is 0 Å². The Morgan fingerprint density at radius 2 is 2.00 bits per heavy atom. The molecule has 0 aromatic heterocycles. The summed E-state index contributed by atoms with van der Waals surface area (Å²) < 4.78 is 31.7. The zero-order chi connectivity index (χ0) is 12.1. The van der Waals surface area contributed by atoms with Gasteiger partial charge in [-0.25, -0.2) is 8.78 Å². The summed E-state index contributed by atoms with van der Waals surface area (Å²) in [6.07, 6.45) is -0.307. The van der Waals surface area contributed by atoms with Gasteiger partial charge in [-0.05, 0) is 18.9 Å². The van der Waals surface area contributed by atoms with Crippen LogP contribution in [-0.2, 0) is 4.74 Å². The Morgan fingerprint density at radius 3 is 2.62 bits per heavy atom. The predicted molar refractivity (Wildman–Crippen MR) is 57.2 cm³/mol. The van der Waals surface area contributed by atoms with E-state index in [9.17, 15) is 13.9 Å². The third kappa shape index (κ3) is 3.00. The summed E-state index contributed by atoms with van der Waals surface area (Å²) in [5.74, 6) is -1.90. The second-order valence-corrected chi connectivity index (χ2v) is 3.69. The summed E-state index contributed by atoms with van der Waals surface area (Å²) in [4.78, 5) is 0. The Bertz CT molecular complexity index is 353. The average Bonchev–Trinajstić information content (AvgIpc) is 2.26. The van der Waals surface area contributed by atoms with Crippen molar-refractivity contribution >= 4 is 0 Å². The average molecular weight is 230 g/mol. The molecule has 0 bridgehead atoms. The smallest absolute Gasteiger partial charge is 0.164 e. The van der Waals surface area contributed by atoms with E-state index < -0.39 is 17.7 Å². The maximum Gasteiger partial charge on any atom is 0.164 e. The maximum absolute atomic E-state index is 13.4. The molecule has 16 heavy (non-hydrogen) atoms. The fraction of sp³-hybridized carbons (Fsp3) is 0.500. The summed E-state index contributed by atoms with van der Waals surface area (Å²) in [6, 6.07) is 2.82. The van der Waals surface area contributed by atoms with Crippen molar-refractivity contribution in [2.45, 2.75) is 26.4 Å². The van der Waals surface area contributed by atoms with Crippen molar-refractivity contribution < 1.29 is 18.6 Å². The number of halogens is 2. The lowest BCUT2D eigenvalue weighted by Gasteiger charge is -2.13. The summed E-state index contributed by atoms with van der Waals surface area (Å²) in [6.45, 7) is 3.88. The Hall–Kier alpha value is -1.00. The molecule has 0 saturated carbocycles. The SMILES string of the molecule is CCCOCC(O)c1ccc(C)c(F)c1F. The van der Waals surface area contributed by atoms with Crippen molar-refractivity contribution in [2.24, 2.45) is 0 Å². The molecule has 0 radical (unpaired) electrons. The van der Waals surface area contributed by atoms with Gasteiger partial charge in [0.2, 0.25) is 0 Å². The van der Waals surface area contributed by atoms with E-state index in [2.05, 4.69) is 0 Å². The van der Waals surface area contributed by atoms with Crippen LogP contribution in [0.15, 0.2) is 12.1 Å². The minimum Gasteiger partial charge on any atom is -0.386 e. The first-order valence-corrected chi connectivity index (χ1v) is 5.28. The number of aryl methyl sites for hydroxylation is 1.